The predicted molar refractivity (Wildman–Crippen MR) is 173 cm³/mol. The highest BCUT2D eigenvalue weighted by Crippen LogP contribution is 2.49. The van der Waals surface area contributed by atoms with Gasteiger partial charge in [-0.2, -0.15) is 0 Å². The Bertz CT molecular complexity index is 2070. The van der Waals surface area contributed by atoms with Gasteiger partial charge in [-0.15, -0.1) is 11.3 Å². The number of benzene rings is 6. The van der Waals surface area contributed by atoms with E-state index < -0.39 is 0 Å². The molecule has 0 nitrogen and oxygen atoms in total. The van der Waals surface area contributed by atoms with Crippen LogP contribution in [0.2, 0.25) is 0 Å². The van der Waals surface area contributed by atoms with Crippen molar-refractivity contribution in [2.45, 2.75) is 19.3 Å². The van der Waals surface area contributed by atoms with Gasteiger partial charge in [-0.1, -0.05) is 123 Å². The highest BCUT2D eigenvalue weighted by Gasteiger charge is 2.35. The molecule has 0 spiro atoms. The van der Waals surface area contributed by atoms with Crippen molar-refractivity contribution in [2.24, 2.45) is 0 Å². The van der Waals surface area contributed by atoms with Crippen molar-refractivity contribution in [1.82, 2.24) is 0 Å². The van der Waals surface area contributed by atoms with Crippen molar-refractivity contribution in [3.63, 3.8) is 0 Å². The van der Waals surface area contributed by atoms with E-state index in [0.29, 0.717) is 0 Å². The number of thiophene rings is 1. The summed E-state index contributed by atoms with van der Waals surface area (Å²) >= 11 is 1.89. The molecule has 0 bridgehead atoms. The second-order valence-corrected chi connectivity index (χ2v) is 12.5. The van der Waals surface area contributed by atoms with E-state index in [1.54, 1.807) is 0 Å². The molecular weight excluding hydrogens is 500 g/mol. The Morgan fingerprint density at radius 3 is 1.65 bits per heavy atom. The molecule has 1 aliphatic carbocycles. The van der Waals surface area contributed by atoms with E-state index in [9.17, 15) is 0 Å². The van der Waals surface area contributed by atoms with E-state index in [1.807, 2.05) is 11.3 Å². The van der Waals surface area contributed by atoms with Gasteiger partial charge in [-0.3, -0.25) is 0 Å². The van der Waals surface area contributed by atoms with Crippen LogP contribution in [0.1, 0.15) is 25.0 Å². The van der Waals surface area contributed by atoms with Gasteiger partial charge in [0.1, 0.15) is 0 Å². The molecule has 190 valence electrons. The lowest BCUT2D eigenvalue weighted by atomic mass is 9.81. The van der Waals surface area contributed by atoms with Gasteiger partial charge in [-0.05, 0) is 79.9 Å². The van der Waals surface area contributed by atoms with Crippen molar-refractivity contribution in [1.29, 1.82) is 0 Å². The standard InChI is InChI=1S/C39H28S/c1-39(2)35-14-7-6-13-31(35)32-18-15-28(22-36(32)39)30-17-20-34-33-19-16-29(23-37(33)40-38(34)24-30)27-12-8-11-26(21-27)25-9-4-3-5-10-25/h3-24H,1-2H3. The van der Waals surface area contributed by atoms with E-state index in [2.05, 4.69) is 147 Å². The zero-order valence-corrected chi connectivity index (χ0v) is 23.4. The lowest BCUT2D eigenvalue weighted by Gasteiger charge is -2.22. The molecule has 0 unspecified atom stereocenters. The van der Waals surface area contributed by atoms with E-state index in [-0.39, 0.29) is 5.41 Å². The average Bonchev–Trinajstić information content (AvgIpc) is 3.48. The van der Waals surface area contributed by atoms with Crippen molar-refractivity contribution in [2.75, 3.05) is 0 Å². The first-order valence-electron chi connectivity index (χ1n) is 13.9. The normalized spacial score (nSPS) is 13.4. The number of hydrogen-bond donors (Lipinski definition) is 0. The zero-order chi connectivity index (χ0) is 26.8. The minimum atomic E-state index is 0.0118. The van der Waals surface area contributed by atoms with E-state index in [4.69, 9.17) is 0 Å². The minimum absolute atomic E-state index is 0.0118. The van der Waals surface area contributed by atoms with Crippen LogP contribution in [0, 0.1) is 0 Å². The summed E-state index contributed by atoms with van der Waals surface area (Å²) in [4.78, 5) is 0. The SMILES string of the molecule is CC1(C)c2ccccc2-c2ccc(-c3ccc4c(c3)sc3cc(-c5cccc(-c6ccccc6)c5)ccc34)cc21. The summed E-state index contributed by atoms with van der Waals surface area (Å²) in [5, 5.41) is 2.67. The molecule has 0 amide bonds. The molecule has 8 rings (SSSR count). The summed E-state index contributed by atoms with van der Waals surface area (Å²) in [5.74, 6) is 0. The summed E-state index contributed by atoms with van der Waals surface area (Å²) in [6, 6.07) is 49.3. The van der Waals surface area contributed by atoms with Crippen LogP contribution in [-0.2, 0) is 5.41 Å². The molecule has 0 radical (unpaired) electrons. The third-order valence-electron chi connectivity index (χ3n) is 8.69. The van der Waals surface area contributed by atoms with Gasteiger partial charge in [0.25, 0.3) is 0 Å². The molecule has 1 heterocycles. The van der Waals surface area contributed by atoms with Crippen molar-refractivity contribution in [3.8, 4) is 44.5 Å². The summed E-state index contributed by atoms with van der Waals surface area (Å²) in [6.45, 7) is 4.70. The van der Waals surface area contributed by atoms with E-state index in [0.717, 1.165) is 0 Å². The maximum Gasteiger partial charge on any atom is 0.0361 e. The van der Waals surface area contributed by atoms with Gasteiger partial charge in [0.05, 0.1) is 0 Å². The Balaban J connectivity index is 1.18. The summed E-state index contributed by atoms with van der Waals surface area (Å²) in [7, 11) is 0. The second kappa shape index (κ2) is 8.78. The minimum Gasteiger partial charge on any atom is -0.135 e. The maximum absolute atomic E-state index is 2.42. The van der Waals surface area contributed by atoms with Crippen molar-refractivity contribution in [3.05, 3.63) is 145 Å². The molecule has 7 aromatic rings. The first kappa shape index (κ1) is 23.4. The highest BCUT2D eigenvalue weighted by atomic mass is 32.1. The average molecular weight is 529 g/mol. The van der Waals surface area contributed by atoms with Gasteiger partial charge in [0.2, 0.25) is 0 Å². The Hall–Kier alpha value is -4.46. The largest absolute Gasteiger partial charge is 0.135 e. The molecule has 0 N–H and O–H groups in total. The summed E-state index contributed by atoms with van der Waals surface area (Å²) in [6.07, 6.45) is 0. The molecule has 0 atom stereocenters. The zero-order valence-electron chi connectivity index (χ0n) is 22.6. The second-order valence-electron chi connectivity index (χ2n) is 11.4. The van der Waals surface area contributed by atoms with Gasteiger partial charge in [0.15, 0.2) is 0 Å². The van der Waals surface area contributed by atoms with Gasteiger partial charge in [0, 0.05) is 25.6 Å². The van der Waals surface area contributed by atoms with Crippen LogP contribution < -0.4 is 0 Å². The molecule has 1 heteroatoms. The Labute approximate surface area is 239 Å². The summed E-state index contributed by atoms with van der Waals surface area (Å²) in [5.41, 5.74) is 13.2. The van der Waals surface area contributed by atoms with Crippen LogP contribution in [0.3, 0.4) is 0 Å². The predicted octanol–water partition coefficient (Wildman–Crippen LogP) is 11.4. The third kappa shape index (κ3) is 3.58. The van der Waals surface area contributed by atoms with Crippen LogP contribution in [0.5, 0.6) is 0 Å². The Kier molecular flexibility index (Phi) is 5.14. The van der Waals surface area contributed by atoms with Crippen molar-refractivity contribution < 1.29 is 0 Å². The van der Waals surface area contributed by atoms with E-state index in [1.165, 1.54) is 75.8 Å². The molecule has 40 heavy (non-hydrogen) atoms. The third-order valence-corrected chi connectivity index (χ3v) is 9.81. The lowest BCUT2D eigenvalue weighted by Crippen LogP contribution is -2.14. The molecule has 0 aliphatic heterocycles. The van der Waals surface area contributed by atoms with Crippen LogP contribution in [-0.4, -0.2) is 0 Å². The molecule has 1 aromatic heterocycles. The molecule has 0 saturated heterocycles. The summed E-state index contributed by atoms with van der Waals surface area (Å²) < 4.78 is 2.67. The smallest absolute Gasteiger partial charge is 0.0361 e. The molecule has 6 aromatic carbocycles. The Morgan fingerprint density at radius 2 is 0.925 bits per heavy atom. The molecule has 1 aliphatic rings. The topological polar surface area (TPSA) is 0 Å². The fraction of sp³-hybridized carbons (Fsp3) is 0.0769. The fourth-order valence-corrected chi connectivity index (χ4v) is 7.71. The molecule has 0 fully saturated rings. The first-order valence-corrected chi connectivity index (χ1v) is 14.7. The van der Waals surface area contributed by atoms with E-state index >= 15 is 0 Å². The lowest BCUT2D eigenvalue weighted by molar-refractivity contribution is 0.660. The van der Waals surface area contributed by atoms with Crippen LogP contribution in [0.25, 0.3) is 64.7 Å². The monoisotopic (exact) mass is 528 g/mol. The number of rotatable bonds is 3. The van der Waals surface area contributed by atoms with Crippen LogP contribution in [0.15, 0.2) is 133 Å². The number of fused-ring (bicyclic) bond motifs is 6. The van der Waals surface area contributed by atoms with Gasteiger partial charge in [-0.25, -0.2) is 0 Å². The van der Waals surface area contributed by atoms with Gasteiger partial charge >= 0.3 is 0 Å². The fourth-order valence-electron chi connectivity index (χ4n) is 6.53. The van der Waals surface area contributed by atoms with Crippen LogP contribution in [0.4, 0.5) is 0 Å². The van der Waals surface area contributed by atoms with Crippen molar-refractivity contribution >= 4 is 31.5 Å². The molecule has 0 saturated carbocycles. The van der Waals surface area contributed by atoms with Crippen LogP contribution >= 0.6 is 11.3 Å². The first-order chi connectivity index (χ1) is 19.6. The number of hydrogen-bond acceptors (Lipinski definition) is 1. The highest BCUT2D eigenvalue weighted by molar-refractivity contribution is 7.25. The van der Waals surface area contributed by atoms with Gasteiger partial charge < -0.3 is 0 Å². The quantitative estimate of drug-likeness (QED) is 0.214. The maximum atomic E-state index is 2.42. The Morgan fingerprint density at radius 1 is 0.400 bits per heavy atom. The molecular formula is C39H28S.